The minimum Gasteiger partial charge on any atom is -0.297 e. The molecule has 5 aromatic rings. The number of hydrogen-bond acceptors (Lipinski definition) is 5. The lowest BCUT2D eigenvalue weighted by molar-refractivity contribution is 0.814. The Morgan fingerprint density at radius 1 is 1.14 bits per heavy atom. The highest BCUT2D eigenvalue weighted by Gasteiger charge is 2.16. The molecule has 5 rings (SSSR count). The number of para-hydroxylation sites is 1. The lowest BCUT2D eigenvalue weighted by atomic mass is 10.2. The van der Waals surface area contributed by atoms with Gasteiger partial charge in [-0.2, -0.15) is 0 Å². The van der Waals surface area contributed by atoms with Crippen LogP contribution in [0.2, 0.25) is 5.02 Å². The fourth-order valence-electron chi connectivity index (χ4n) is 3.24. The molecule has 0 saturated carbocycles. The van der Waals surface area contributed by atoms with Crippen molar-refractivity contribution in [1.82, 2.24) is 18.9 Å². The molecule has 0 aliphatic rings. The van der Waals surface area contributed by atoms with Gasteiger partial charge in [-0.1, -0.05) is 41.6 Å². The lowest BCUT2D eigenvalue weighted by Gasteiger charge is -2.15. The Labute approximate surface area is 179 Å². The summed E-state index contributed by atoms with van der Waals surface area (Å²) in [5.74, 6) is 0.610. The molecule has 0 amide bonds. The summed E-state index contributed by atoms with van der Waals surface area (Å²) in [7, 11) is 0. The fourth-order valence-corrected chi connectivity index (χ4v) is 5.02. The van der Waals surface area contributed by atoms with Gasteiger partial charge in [0.05, 0.1) is 22.3 Å². The van der Waals surface area contributed by atoms with E-state index in [-0.39, 0.29) is 5.56 Å². The van der Waals surface area contributed by atoms with Gasteiger partial charge < -0.3 is 0 Å². The first-order chi connectivity index (χ1) is 14.1. The van der Waals surface area contributed by atoms with E-state index in [0.717, 1.165) is 21.9 Å². The van der Waals surface area contributed by atoms with E-state index in [4.69, 9.17) is 16.6 Å². The van der Waals surface area contributed by atoms with E-state index in [1.807, 2.05) is 65.5 Å². The first-order valence-corrected chi connectivity index (χ1v) is 11.2. The van der Waals surface area contributed by atoms with Crippen molar-refractivity contribution in [3.63, 3.8) is 0 Å². The van der Waals surface area contributed by atoms with E-state index in [1.54, 1.807) is 22.0 Å². The SMILES string of the molecule is Cc1c(Cl)cccc1-n1c(SCc2cn3ccsc3n2)nc2ccccc2c1=O. The summed E-state index contributed by atoms with van der Waals surface area (Å²) in [5, 5.41) is 3.82. The normalized spacial score (nSPS) is 11.5. The molecule has 3 aromatic heterocycles. The van der Waals surface area contributed by atoms with Gasteiger partial charge in [-0.3, -0.25) is 13.8 Å². The number of halogens is 1. The van der Waals surface area contributed by atoms with Crippen molar-refractivity contribution in [2.75, 3.05) is 0 Å². The largest absolute Gasteiger partial charge is 0.297 e. The molecule has 0 spiro atoms. The van der Waals surface area contributed by atoms with Crippen molar-refractivity contribution in [2.45, 2.75) is 17.8 Å². The van der Waals surface area contributed by atoms with Crippen molar-refractivity contribution in [3.8, 4) is 5.69 Å². The van der Waals surface area contributed by atoms with E-state index in [2.05, 4.69) is 4.98 Å². The van der Waals surface area contributed by atoms with Crippen LogP contribution in [-0.4, -0.2) is 18.9 Å². The fraction of sp³-hybridized carbons (Fsp3) is 0.0952. The Morgan fingerprint density at radius 3 is 2.86 bits per heavy atom. The molecular weight excluding hydrogens is 424 g/mol. The highest BCUT2D eigenvalue weighted by molar-refractivity contribution is 7.98. The smallest absolute Gasteiger partial charge is 0.266 e. The summed E-state index contributed by atoms with van der Waals surface area (Å²) in [6.45, 7) is 1.91. The third-order valence-corrected chi connectivity index (χ3v) is 6.87. The molecule has 0 unspecified atom stereocenters. The van der Waals surface area contributed by atoms with Gasteiger partial charge in [0.1, 0.15) is 0 Å². The van der Waals surface area contributed by atoms with E-state index >= 15 is 0 Å². The van der Waals surface area contributed by atoms with Crippen LogP contribution in [0.4, 0.5) is 0 Å². The second kappa shape index (κ2) is 7.33. The van der Waals surface area contributed by atoms with Gasteiger partial charge in [-0.05, 0) is 36.8 Å². The Morgan fingerprint density at radius 2 is 2.00 bits per heavy atom. The number of nitrogens with zero attached hydrogens (tertiary/aromatic N) is 4. The van der Waals surface area contributed by atoms with Crippen LogP contribution in [-0.2, 0) is 5.75 Å². The summed E-state index contributed by atoms with van der Waals surface area (Å²) in [6.07, 6.45) is 3.99. The van der Waals surface area contributed by atoms with Gasteiger partial charge in [0.15, 0.2) is 10.1 Å². The minimum absolute atomic E-state index is 0.103. The van der Waals surface area contributed by atoms with Crippen LogP contribution in [0.5, 0.6) is 0 Å². The molecule has 3 heterocycles. The van der Waals surface area contributed by atoms with Crippen LogP contribution in [0.1, 0.15) is 11.3 Å². The van der Waals surface area contributed by atoms with Gasteiger partial charge in [0.25, 0.3) is 5.56 Å². The van der Waals surface area contributed by atoms with Gasteiger partial charge in [0, 0.05) is 28.5 Å². The van der Waals surface area contributed by atoms with Crippen molar-refractivity contribution in [1.29, 1.82) is 0 Å². The van der Waals surface area contributed by atoms with Crippen LogP contribution in [0.25, 0.3) is 21.6 Å². The molecule has 144 valence electrons. The zero-order valence-corrected chi connectivity index (χ0v) is 17.8. The molecule has 2 aromatic carbocycles. The Hall–Kier alpha value is -2.61. The third-order valence-electron chi connectivity index (χ3n) is 4.72. The number of fused-ring (bicyclic) bond motifs is 2. The monoisotopic (exact) mass is 438 g/mol. The van der Waals surface area contributed by atoms with Crippen molar-refractivity contribution in [3.05, 3.63) is 86.9 Å². The molecule has 0 bridgehead atoms. The molecule has 8 heteroatoms. The van der Waals surface area contributed by atoms with E-state index in [9.17, 15) is 4.79 Å². The van der Waals surface area contributed by atoms with Crippen LogP contribution in [0, 0.1) is 6.92 Å². The van der Waals surface area contributed by atoms with Crippen LogP contribution >= 0.6 is 34.7 Å². The molecule has 29 heavy (non-hydrogen) atoms. The van der Waals surface area contributed by atoms with Crippen LogP contribution in [0.15, 0.2) is 70.2 Å². The van der Waals surface area contributed by atoms with Gasteiger partial charge in [-0.25, -0.2) is 9.97 Å². The quantitative estimate of drug-likeness (QED) is 0.280. The highest BCUT2D eigenvalue weighted by Crippen LogP contribution is 2.28. The summed E-state index contributed by atoms with van der Waals surface area (Å²) < 4.78 is 3.66. The topological polar surface area (TPSA) is 52.2 Å². The molecule has 0 fully saturated rings. The highest BCUT2D eigenvalue weighted by atomic mass is 35.5. The van der Waals surface area contributed by atoms with E-state index < -0.39 is 0 Å². The number of thiazole rings is 1. The summed E-state index contributed by atoms with van der Waals surface area (Å²) in [6, 6.07) is 13.0. The number of rotatable bonds is 4. The lowest BCUT2D eigenvalue weighted by Crippen LogP contribution is -2.22. The third kappa shape index (κ3) is 3.25. The zero-order chi connectivity index (χ0) is 20.0. The summed E-state index contributed by atoms with van der Waals surface area (Å²) >= 11 is 9.43. The standard InChI is InChI=1S/C21H15ClN4OS2/c1-13-16(22)6-4-8-18(13)26-19(27)15-5-2-3-7-17(15)24-21(26)29-12-14-11-25-9-10-28-20(25)23-14/h2-11H,12H2,1H3. The maximum Gasteiger partial charge on any atom is 0.266 e. The first kappa shape index (κ1) is 18.4. The molecule has 0 atom stereocenters. The average molecular weight is 439 g/mol. The van der Waals surface area contributed by atoms with Gasteiger partial charge in [-0.15, -0.1) is 11.3 Å². The van der Waals surface area contributed by atoms with E-state index in [0.29, 0.717) is 26.8 Å². The molecule has 0 aliphatic heterocycles. The summed E-state index contributed by atoms with van der Waals surface area (Å²) in [5.41, 5.74) is 3.11. The number of hydrogen-bond donors (Lipinski definition) is 0. The maximum atomic E-state index is 13.4. The molecule has 0 N–H and O–H groups in total. The van der Waals surface area contributed by atoms with Gasteiger partial charge in [0.2, 0.25) is 0 Å². The maximum absolute atomic E-state index is 13.4. The first-order valence-electron chi connectivity index (χ1n) is 8.93. The Bertz CT molecular complexity index is 1390. The summed E-state index contributed by atoms with van der Waals surface area (Å²) in [4.78, 5) is 23.7. The Kier molecular flexibility index (Phi) is 4.66. The molecule has 0 saturated heterocycles. The second-order valence-electron chi connectivity index (χ2n) is 6.55. The number of aromatic nitrogens is 4. The van der Waals surface area contributed by atoms with Gasteiger partial charge >= 0.3 is 0 Å². The molecular formula is C21H15ClN4OS2. The number of thioether (sulfide) groups is 1. The Balaban J connectivity index is 1.65. The van der Waals surface area contributed by atoms with Crippen molar-refractivity contribution >= 4 is 50.6 Å². The number of benzene rings is 2. The molecule has 5 nitrogen and oxygen atoms in total. The predicted octanol–water partition coefficient (Wildman–Crippen LogP) is 5.35. The van der Waals surface area contributed by atoms with Crippen LogP contribution < -0.4 is 5.56 Å². The van der Waals surface area contributed by atoms with E-state index in [1.165, 1.54) is 11.8 Å². The molecule has 0 radical (unpaired) electrons. The average Bonchev–Trinajstić information content (AvgIpc) is 3.31. The predicted molar refractivity (Wildman–Crippen MR) is 120 cm³/mol. The zero-order valence-electron chi connectivity index (χ0n) is 15.4. The molecule has 0 aliphatic carbocycles. The van der Waals surface area contributed by atoms with Crippen molar-refractivity contribution < 1.29 is 0 Å². The minimum atomic E-state index is -0.103. The second-order valence-corrected chi connectivity index (χ2v) is 8.77. The van der Waals surface area contributed by atoms with Crippen molar-refractivity contribution in [2.24, 2.45) is 0 Å². The number of imidazole rings is 1. The van der Waals surface area contributed by atoms with Crippen LogP contribution in [0.3, 0.4) is 0 Å².